The van der Waals surface area contributed by atoms with Crippen LogP contribution in [0.2, 0.25) is 0 Å². The molecule has 7 heteroatoms. The van der Waals surface area contributed by atoms with Gasteiger partial charge in [0.05, 0.1) is 20.3 Å². The molecule has 0 saturated carbocycles. The van der Waals surface area contributed by atoms with Gasteiger partial charge < -0.3 is 14.8 Å². The van der Waals surface area contributed by atoms with Gasteiger partial charge in [-0.15, -0.1) is 0 Å². The second-order valence-electron chi connectivity index (χ2n) is 8.49. The minimum Gasteiger partial charge on any atom is -0.468 e. The molecule has 1 saturated heterocycles. The van der Waals surface area contributed by atoms with Gasteiger partial charge in [-0.2, -0.15) is 0 Å². The molecule has 172 valence electrons. The Kier molecular flexibility index (Phi) is 5.21. The SMILES string of the molecule is COC(=O)C1(C(=O)OC)[C@@H](c2ccccc2)N[C@]2(C(=O)Nc3ccccc32)[C@@H]1c1ccccc1. The number of hydrogen-bond acceptors (Lipinski definition) is 6. The molecule has 1 amide bonds. The van der Waals surface area contributed by atoms with E-state index in [2.05, 4.69) is 10.6 Å². The molecule has 3 atom stereocenters. The summed E-state index contributed by atoms with van der Waals surface area (Å²) in [6.45, 7) is 0. The number of benzene rings is 3. The third-order valence-electron chi connectivity index (χ3n) is 6.99. The van der Waals surface area contributed by atoms with E-state index < -0.39 is 34.9 Å². The summed E-state index contributed by atoms with van der Waals surface area (Å²) in [5, 5.41) is 6.39. The second-order valence-corrected chi connectivity index (χ2v) is 8.49. The number of para-hydroxylation sites is 1. The molecular weight excluding hydrogens is 432 g/mol. The van der Waals surface area contributed by atoms with Gasteiger partial charge in [-0.25, -0.2) is 0 Å². The van der Waals surface area contributed by atoms with Gasteiger partial charge in [0.1, 0.15) is 5.54 Å². The van der Waals surface area contributed by atoms with Crippen LogP contribution in [0, 0.1) is 5.41 Å². The van der Waals surface area contributed by atoms with E-state index in [1.54, 1.807) is 6.07 Å². The summed E-state index contributed by atoms with van der Waals surface area (Å²) in [5.74, 6) is -2.86. The summed E-state index contributed by atoms with van der Waals surface area (Å²) < 4.78 is 10.6. The van der Waals surface area contributed by atoms with Crippen molar-refractivity contribution in [2.24, 2.45) is 5.41 Å². The molecule has 1 fully saturated rings. The number of carbonyl (C=O) groups excluding carboxylic acids is 3. The zero-order valence-corrected chi connectivity index (χ0v) is 18.8. The van der Waals surface area contributed by atoms with Crippen LogP contribution in [0.1, 0.15) is 28.7 Å². The Balaban J connectivity index is 1.91. The van der Waals surface area contributed by atoms with E-state index in [4.69, 9.17) is 9.47 Å². The van der Waals surface area contributed by atoms with Crippen molar-refractivity contribution in [3.05, 3.63) is 102 Å². The normalized spacial score (nSPS) is 24.4. The van der Waals surface area contributed by atoms with Crippen molar-refractivity contribution in [2.75, 3.05) is 19.5 Å². The number of nitrogens with one attached hydrogen (secondary N) is 2. The summed E-state index contributed by atoms with van der Waals surface area (Å²) in [4.78, 5) is 41.4. The zero-order chi connectivity index (χ0) is 23.9. The van der Waals surface area contributed by atoms with Gasteiger partial charge in [0, 0.05) is 17.2 Å². The van der Waals surface area contributed by atoms with Crippen LogP contribution in [0.3, 0.4) is 0 Å². The molecule has 0 aliphatic carbocycles. The average molecular weight is 456 g/mol. The first-order valence-electron chi connectivity index (χ1n) is 11.0. The Morgan fingerprint density at radius 1 is 0.765 bits per heavy atom. The Hall–Kier alpha value is -3.97. The summed E-state index contributed by atoms with van der Waals surface area (Å²) in [6, 6.07) is 24.6. The first-order chi connectivity index (χ1) is 16.5. The van der Waals surface area contributed by atoms with Gasteiger partial charge >= 0.3 is 11.9 Å². The van der Waals surface area contributed by atoms with Crippen LogP contribution in [0.5, 0.6) is 0 Å². The van der Waals surface area contributed by atoms with Crippen LogP contribution in [0.4, 0.5) is 5.69 Å². The van der Waals surface area contributed by atoms with Gasteiger partial charge in [0.2, 0.25) is 5.91 Å². The maximum absolute atomic E-state index is 13.8. The van der Waals surface area contributed by atoms with E-state index >= 15 is 0 Å². The molecule has 2 aliphatic rings. The predicted octanol–water partition coefficient (Wildman–Crippen LogP) is 3.29. The number of hydrogen-bond donors (Lipinski definition) is 2. The van der Waals surface area contributed by atoms with Crippen LogP contribution in [-0.2, 0) is 29.4 Å². The summed E-state index contributed by atoms with van der Waals surface area (Å²) in [6.07, 6.45) is 0. The first-order valence-corrected chi connectivity index (χ1v) is 11.0. The van der Waals surface area contributed by atoms with Gasteiger partial charge in [-0.05, 0) is 17.2 Å². The molecule has 5 rings (SSSR count). The van der Waals surface area contributed by atoms with E-state index in [-0.39, 0.29) is 5.91 Å². The molecular formula is C27H24N2O5. The fourth-order valence-corrected chi connectivity index (χ4v) is 5.68. The fourth-order valence-electron chi connectivity index (χ4n) is 5.68. The number of fused-ring (bicyclic) bond motifs is 2. The van der Waals surface area contributed by atoms with E-state index in [9.17, 15) is 14.4 Å². The van der Waals surface area contributed by atoms with Crippen LogP contribution in [-0.4, -0.2) is 32.1 Å². The monoisotopic (exact) mass is 456 g/mol. The van der Waals surface area contributed by atoms with Crippen molar-refractivity contribution in [2.45, 2.75) is 17.5 Å². The first kappa shape index (κ1) is 21.9. The Morgan fingerprint density at radius 2 is 1.29 bits per heavy atom. The highest BCUT2D eigenvalue weighted by molar-refractivity contribution is 6.11. The minimum atomic E-state index is -1.89. The third-order valence-corrected chi connectivity index (χ3v) is 6.99. The van der Waals surface area contributed by atoms with Crippen molar-refractivity contribution in [1.29, 1.82) is 0 Å². The number of methoxy groups -OCH3 is 2. The van der Waals surface area contributed by atoms with E-state index in [0.29, 0.717) is 22.4 Å². The lowest BCUT2D eigenvalue weighted by Crippen LogP contribution is -2.51. The quantitative estimate of drug-likeness (QED) is 0.462. The van der Waals surface area contributed by atoms with Gasteiger partial charge in [-0.3, -0.25) is 19.7 Å². The smallest absolute Gasteiger partial charge is 0.325 e. The summed E-state index contributed by atoms with van der Waals surface area (Å²) >= 11 is 0. The van der Waals surface area contributed by atoms with Crippen molar-refractivity contribution >= 4 is 23.5 Å². The fraction of sp³-hybridized carbons (Fsp3) is 0.222. The molecule has 2 N–H and O–H groups in total. The summed E-state index contributed by atoms with van der Waals surface area (Å²) in [5.41, 5.74) is -0.742. The Labute approximate surface area is 197 Å². The number of amides is 1. The highest BCUT2D eigenvalue weighted by Gasteiger charge is 2.75. The topological polar surface area (TPSA) is 93.7 Å². The molecule has 34 heavy (non-hydrogen) atoms. The standard InChI is InChI=1S/C27H24N2O5/c1-33-24(31)26(25(32)34-2)21(17-11-5-3-6-12-17)27(29-22(26)18-13-7-4-8-14-18)19-15-9-10-16-20(19)28-23(27)30/h3-16,21-22,29H,1-2H3,(H,28,30)/t21-,22-,27+/m1/s1. The molecule has 3 aromatic carbocycles. The molecule has 0 aromatic heterocycles. The second kappa shape index (κ2) is 8.11. The Bertz CT molecular complexity index is 1240. The lowest BCUT2D eigenvalue weighted by atomic mass is 9.62. The van der Waals surface area contributed by atoms with Crippen molar-refractivity contribution in [1.82, 2.24) is 5.32 Å². The zero-order valence-electron chi connectivity index (χ0n) is 18.8. The summed E-state index contributed by atoms with van der Waals surface area (Å²) in [7, 11) is 2.48. The van der Waals surface area contributed by atoms with E-state index in [1.807, 2.05) is 78.9 Å². The largest absolute Gasteiger partial charge is 0.468 e. The molecule has 0 unspecified atom stereocenters. The van der Waals surface area contributed by atoms with Crippen LogP contribution in [0.25, 0.3) is 0 Å². The van der Waals surface area contributed by atoms with Gasteiger partial charge in [0.15, 0.2) is 5.41 Å². The predicted molar refractivity (Wildman–Crippen MR) is 125 cm³/mol. The van der Waals surface area contributed by atoms with Crippen molar-refractivity contribution in [3.63, 3.8) is 0 Å². The number of ether oxygens (including phenoxy) is 2. The number of esters is 2. The lowest BCUT2D eigenvalue weighted by Gasteiger charge is -2.37. The van der Waals surface area contributed by atoms with Crippen molar-refractivity contribution < 1.29 is 23.9 Å². The van der Waals surface area contributed by atoms with Gasteiger partial charge in [0.25, 0.3) is 0 Å². The number of carbonyl (C=O) groups is 3. The molecule has 7 nitrogen and oxygen atoms in total. The third kappa shape index (κ3) is 2.77. The average Bonchev–Trinajstić information content (AvgIpc) is 3.37. The van der Waals surface area contributed by atoms with Crippen LogP contribution in [0.15, 0.2) is 84.9 Å². The molecule has 1 spiro atoms. The molecule has 0 bridgehead atoms. The maximum atomic E-state index is 13.8. The lowest BCUT2D eigenvalue weighted by molar-refractivity contribution is -0.172. The Morgan fingerprint density at radius 3 is 1.88 bits per heavy atom. The van der Waals surface area contributed by atoms with Crippen LogP contribution >= 0.6 is 0 Å². The highest BCUT2D eigenvalue weighted by Crippen LogP contribution is 2.64. The van der Waals surface area contributed by atoms with E-state index in [0.717, 1.165) is 0 Å². The van der Waals surface area contributed by atoms with Gasteiger partial charge in [-0.1, -0.05) is 78.9 Å². The number of anilines is 1. The highest BCUT2D eigenvalue weighted by atomic mass is 16.5. The maximum Gasteiger partial charge on any atom is 0.325 e. The molecule has 2 heterocycles. The van der Waals surface area contributed by atoms with Crippen molar-refractivity contribution in [3.8, 4) is 0 Å². The molecule has 2 aliphatic heterocycles. The molecule has 0 radical (unpaired) electrons. The minimum absolute atomic E-state index is 0.349. The van der Waals surface area contributed by atoms with E-state index in [1.165, 1.54) is 14.2 Å². The number of rotatable bonds is 4. The van der Waals surface area contributed by atoms with Crippen LogP contribution < -0.4 is 10.6 Å². The molecule has 3 aromatic rings.